The molecule has 7 nitrogen and oxygen atoms in total. The molecule has 0 saturated heterocycles. The molecule has 0 bridgehead atoms. The molecule has 0 aliphatic rings. The molecule has 17 heavy (non-hydrogen) atoms. The summed E-state index contributed by atoms with van der Waals surface area (Å²) in [5.74, 6) is 0.455. The van der Waals surface area contributed by atoms with Crippen LogP contribution in [0.15, 0.2) is 6.07 Å². The maximum atomic E-state index is 11.3. The van der Waals surface area contributed by atoms with Crippen molar-refractivity contribution in [3.8, 4) is 5.88 Å². The fraction of sp³-hybridized carbons (Fsp3) is 0.600. The zero-order valence-electron chi connectivity index (χ0n) is 10.1. The normalized spacial score (nSPS) is 10.3. The summed E-state index contributed by atoms with van der Waals surface area (Å²) in [6, 6.07) is 1.76. The highest BCUT2D eigenvalue weighted by Gasteiger charge is 2.06. The highest BCUT2D eigenvalue weighted by atomic mass is 16.5. The van der Waals surface area contributed by atoms with Crippen molar-refractivity contribution < 1.29 is 14.3 Å². The van der Waals surface area contributed by atoms with E-state index in [2.05, 4.69) is 10.4 Å². The lowest BCUT2D eigenvalue weighted by Crippen LogP contribution is -2.28. The molecule has 1 aromatic rings. The number of aromatic nitrogens is 2. The van der Waals surface area contributed by atoms with E-state index < -0.39 is 0 Å². The summed E-state index contributed by atoms with van der Waals surface area (Å²) in [7, 11) is 3.34. The van der Waals surface area contributed by atoms with Gasteiger partial charge >= 0.3 is 0 Å². The Morgan fingerprint density at radius 1 is 1.65 bits per heavy atom. The Labute approximate surface area is 99.9 Å². The van der Waals surface area contributed by atoms with Gasteiger partial charge in [0.2, 0.25) is 11.8 Å². The van der Waals surface area contributed by atoms with Crippen LogP contribution >= 0.6 is 0 Å². The van der Waals surface area contributed by atoms with E-state index in [1.54, 1.807) is 24.9 Å². The minimum absolute atomic E-state index is 0.0150. The van der Waals surface area contributed by atoms with Crippen LogP contribution in [0.3, 0.4) is 0 Å². The van der Waals surface area contributed by atoms with Crippen molar-refractivity contribution in [3.05, 3.63) is 11.8 Å². The molecule has 0 aliphatic heterocycles. The highest BCUT2D eigenvalue weighted by molar-refractivity contribution is 5.77. The number of methoxy groups -OCH3 is 1. The first-order valence-corrected chi connectivity index (χ1v) is 5.28. The molecular formula is C10H18N4O3. The predicted molar refractivity (Wildman–Crippen MR) is 61.5 cm³/mol. The van der Waals surface area contributed by atoms with Crippen molar-refractivity contribution in [3.63, 3.8) is 0 Å². The summed E-state index contributed by atoms with van der Waals surface area (Å²) in [6.07, 6.45) is 0. The number of nitrogens with two attached hydrogens (primary N) is 1. The van der Waals surface area contributed by atoms with Crippen LogP contribution in [0.2, 0.25) is 0 Å². The number of carbonyl (C=O) groups is 1. The third-order valence-corrected chi connectivity index (χ3v) is 2.06. The van der Waals surface area contributed by atoms with E-state index in [9.17, 15) is 4.79 Å². The highest BCUT2D eigenvalue weighted by Crippen LogP contribution is 2.10. The number of nitrogens with zero attached hydrogens (tertiary/aromatic N) is 2. The predicted octanol–water partition coefficient (Wildman–Crippen LogP) is -0.980. The van der Waals surface area contributed by atoms with Gasteiger partial charge in [0.15, 0.2) is 0 Å². The summed E-state index contributed by atoms with van der Waals surface area (Å²) in [5, 5.41) is 6.85. The van der Waals surface area contributed by atoms with Gasteiger partial charge in [-0.2, -0.15) is 5.10 Å². The van der Waals surface area contributed by atoms with E-state index in [1.165, 1.54) is 0 Å². The number of aryl methyl sites for hydroxylation is 1. The lowest BCUT2D eigenvalue weighted by atomic mass is 10.4. The molecule has 1 rings (SSSR count). The first-order chi connectivity index (χ1) is 8.17. The molecule has 1 heterocycles. The molecule has 0 fully saturated rings. The Morgan fingerprint density at radius 3 is 3.00 bits per heavy atom. The Balaban J connectivity index is 2.31. The number of amides is 1. The van der Waals surface area contributed by atoms with E-state index in [-0.39, 0.29) is 12.5 Å². The van der Waals surface area contributed by atoms with Crippen LogP contribution in [0.4, 0.5) is 0 Å². The number of rotatable bonds is 7. The quantitative estimate of drug-likeness (QED) is 0.600. The van der Waals surface area contributed by atoms with Gasteiger partial charge in [-0.3, -0.25) is 4.79 Å². The minimum atomic E-state index is -0.192. The molecule has 0 saturated carbocycles. The van der Waals surface area contributed by atoms with Crippen molar-refractivity contribution >= 4 is 5.91 Å². The second-order valence-corrected chi connectivity index (χ2v) is 3.42. The average Bonchev–Trinajstić information content (AvgIpc) is 2.67. The molecule has 3 N–H and O–H groups in total. The summed E-state index contributed by atoms with van der Waals surface area (Å²) >= 11 is 0. The van der Waals surface area contributed by atoms with Crippen molar-refractivity contribution in [1.29, 1.82) is 0 Å². The van der Waals surface area contributed by atoms with E-state index in [0.717, 1.165) is 5.69 Å². The average molecular weight is 242 g/mol. The van der Waals surface area contributed by atoms with Gasteiger partial charge in [-0.05, 0) is 0 Å². The summed E-state index contributed by atoms with van der Waals surface area (Å²) in [6.45, 7) is 1.15. The van der Waals surface area contributed by atoms with Crippen molar-refractivity contribution in [2.24, 2.45) is 12.8 Å². The molecule has 0 spiro atoms. The molecule has 0 atom stereocenters. The number of carbonyl (C=O) groups excluding carboxylic acids is 1. The topological polar surface area (TPSA) is 91.4 Å². The van der Waals surface area contributed by atoms with Gasteiger partial charge in [0.05, 0.1) is 26.0 Å². The summed E-state index contributed by atoms with van der Waals surface area (Å²) < 4.78 is 11.7. The second-order valence-electron chi connectivity index (χ2n) is 3.42. The summed E-state index contributed by atoms with van der Waals surface area (Å²) in [5.41, 5.74) is 5.96. The van der Waals surface area contributed by atoms with Gasteiger partial charge in [0.1, 0.15) is 6.61 Å². The fourth-order valence-electron chi connectivity index (χ4n) is 1.27. The van der Waals surface area contributed by atoms with Crippen LogP contribution in [0, 0.1) is 0 Å². The van der Waals surface area contributed by atoms with Crippen molar-refractivity contribution in [2.75, 3.05) is 26.9 Å². The number of hydrogen-bond acceptors (Lipinski definition) is 5. The molecule has 1 aromatic heterocycles. The SMILES string of the molecule is COc1cc(CNC(=O)COCCN)nn1C. The molecule has 0 aliphatic carbocycles. The van der Waals surface area contributed by atoms with Gasteiger partial charge in [-0.25, -0.2) is 4.68 Å². The van der Waals surface area contributed by atoms with Crippen molar-refractivity contribution in [1.82, 2.24) is 15.1 Å². The second kappa shape index (κ2) is 6.87. The van der Waals surface area contributed by atoms with Crippen LogP contribution in [0.1, 0.15) is 5.69 Å². The summed E-state index contributed by atoms with van der Waals surface area (Å²) in [4.78, 5) is 11.3. The molecule has 96 valence electrons. The largest absolute Gasteiger partial charge is 0.481 e. The van der Waals surface area contributed by atoms with E-state index in [4.69, 9.17) is 15.2 Å². The Hall–Kier alpha value is -1.60. The van der Waals surface area contributed by atoms with Crippen LogP contribution in [0.25, 0.3) is 0 Å². The van der Waals surface area contributed by atoms with Crippen LogP contribution < -0.4 is 15.8 Å². The molecule has 0 aromatic carbocycles. The maximum absolute atomic E-state index is 11.3. The molecule has 7 heteroatoms. The third-order valence-electron chi connectivity index (χ3n) is 2.06. The lowest BCUT2D eigenvalue weighted by molar-refractivity contribution is -0.125. The smallest absolute Gasteiger partial charge is 0.246 e. The third kappa shape index (κ3) is 4.41. The monoisotopic (exact) mass is 242 g/mol. The Kier molecular flexibility index (Phi) is 5.44. The zero-order chi connectivity index (χ0) is 12.7. The Morgan fingerprint density at radius 2 is 2.41 bits per heavy atom. The van der Waals surface area contributed by atoms with Crippen LogP contribution in [-0.4, -0.2) is 42.6 Å². The molecule has 1 amide bonds. The maximum Gasteiger partial charge on any atom is 0.246 e. The van der Waals surface area contributed by atoms with E-state index in [0.29, 0.717) is 25.6 Å². The molecule has 0 radical (unpaired) electrons. The van der Waals surface area contributed by atoms with E-state index in [1.807, 2.05) is 0 Å². The van der Waals surface area contributed by atoms with Gasteiger partial charge in [0.25, 0.3) is 0 Å². The lowest BCUT2D eigenvalue weighted by Gasteiger charge is -2.03. The van der Waals surface area contributed by atoms with Crippen LogP contribution in [0.5, 0.6) is 5.88 Å². The van der Waals surface area contributed by atoms with Gasteiger partial charge in [-0.1, -0.05) is 0 Å². The minimum Gasteiger partial charge on any atom is -0.481 e. The van der Waals surface area contributed by atoms with Gasteiger partial charge < -0.3 is 20.5 Å². The first-order valence-electron chi connectivity index (χ1n) is 5.28. The first kappa shape index (κ1) is 13.5. The van der Waals surface area contributed by atoms with Gasteiger partial charge in [0, 0.05) is 19.7 Å². The molecule has 0 unspecified atom stereocenters. The standard InChI is InChI=1S/C10H18N4O3/c1-14-10(16-2)5-8(13-14)6-12-9(15)7-17-4-3-11/h5H,3-4,6-7,11H2,1-2H3,(H,12,15). The Bertz CT molecular complexity index is 364. The fourth-order valence-corrected chi connectivity index (χ4v) is 1.27. The zero-order valence-corrected chi connectivity index (χ0v) is 10.1. The molecular weight excluding hydrogens is 224 g/mol. The number of nitrogens with one attached hydrogen (secondary N) is 1. The van der Waals surface area contributed by atoms with Crippen LogP contribution in [-0.2, 0) is 23.1 Å². The van der Waals surface area contributed by atoms with E-state index >= 15 is 0 Å². The number of hydrogen-bond donors (Lipinski definition) is 2. The van der Waals surface area contributed by atoms with Gasteiger partial charge in [-0.15, -0.1) is 0 Å². The number of ether oxygens (including phenoxy) is 2. The van der Waals surface area contributed by atoms with Crippen molar-refractivity contribution in [2.45, 2.75) is 6.54 Å².